The number of amides is 5. The standard InChI is InChI=1S/C22H21ClFN5O5.C12H14ClFN2O3.C10H9Cl2FO.C10H9N3O3.C3H7NO2.CH2O3.2CH4.2K.H/c23-16-6-3-4-13(20(16)24)8-26-18(32)10-28(9-14(31)12-30)19(33)11-29-17-7-2-1-5-15(17)21(27-29)22(25)34;13-10-3-1-2-8(12(10)14)4-16-11(19)6-15-5-9(18)7-17;11-6-8(14)5-4-7-2-1-3-9(12)10(7)13;11-10(16)9-6-3-1-2-4-7(6)13(12-9)5-8(14)15;1-6-3(5)2-4;2-1-4-3;;;;;/h1-7,30H,8-12H2,(H2,25,34)(H,26,32);1-3,15,17H,4-7H2,(H,16,19);1-3H,4-6H2;1-4H,5H2,(H2,11,16)(H,14,15);2,4H2,1H3;1,3H;2*1H4;;;/q;;;;;;;;2*+1;-1/p-1. The first-order valence-corrected chi connectivity index (χ1v) is 28.2. The van der Waals surface area contributed by atoms with Gasteiger partial charge in [-0.25, -0.2) is 13.2 Å². The zero-order chi connectivity index (χ0) is 69.7. The summed E-state index contributed by atoms with van der Waals surface area (Å²) in [5.74, 6) is -7.47. The summed E-state index contributed by atoms with van der Waals surface area (Å²) < 4.78 is 47.4. The Bertz CT molecular complexity index is 3750. The van der Waals surface area contributed by atoms with E-state index in [2.05, 4.69) is 35.8 Å². The van der Waals surface area contributed by atoms with E-state index in [-0.39, 0.29) is 232 Å². The number of carboxylic acid groups (broad SMARTS) is 1. The number of aryl methyl sites for hydroxylation is 1. The van der Waals surface area contributed by atoms with Crippen molar-refractivity contribution in [3.8, 4) is 0 Å². The summed E-state index contributed by atoms with van der Waals surface area (Å²) in [5.41, 5.74) is 17.3. The molecule has 518 valence electrons. The molecule has 7 rings (SSSR count). The minimum absolute atomic E-state index is 0. The van der Waals surface area contributed by atoms with Gasteiger partial charge in [-0.05, 0) is 42.3 Å². The van der Waals surface area contributed by atoms with Crippen LogP contribution in [-0.4, -0.2) is 164 Å². The number of aliphatic hydroxyl groups excluding tert-OH is 2. The van der Waals surface area contributed by atoms with Crippen molar-refractivity contribution in [1.82, 2.24) is 40.4 Å². The second-order valence-corrected chi connectivity index (χ2v) is 19.7. The van der Waals surface area contributed by atoms with Gasteiger partial charge in [0.1, 0.15) is 56.1 Å². The molecular weight excluding hydrogens is 1420 g/mol. The van der Waals surface area contributed by atoms with Crippen LogP contribution in [0.15, 0.2) is 103 Å². The van der Waals surface area contributed by atoms with Crippen LogP contribution in [0.3, 0.4) is 0 Å². The molecular formula is C60H70Cl4F3K2N11O17. The number of alkyl halides is 1. The number of primary amides is 2. The van der Waals surface area contributed by atoms with E-state index in [1.165, 1.54) is 52.9 Å². The van der Waals surface area contributed by atoms with Crippen LogP contribution in [0.5, 0.6) is 0 Å². The second-order valence-electron chi connectivity index (χ2n) is 18.3. The summed E-state index contributed by atoms with van der Waals surface area (Å²) in [4.78, 5) is 126. The van der Waals surface area contributed by atoms with Crippen LogP contribution >= 0.6 is 46.4 Å². The minimum Gasteiger partial charge on any atom is -1.00 e. The first-order chi connectivity index (χ1) is 44.2. The van der Waals surface area contributed by atoms with Crippen LogP contribution in [0, 0.1) is 17.5 Å². The molecule has 0 bridgehead atoms. The largest absolute Gasteiger partial charge is 1.00 e. The maximum atomic E-state index is 14.0. The number of carboxylic acids is 1. The van der Waals surface area contributed by atoms with Crippen LogP contribution in [-0.2, 0) is 85.4 Å². The zero-order valence-corrected chi connectivity index (χ0v) is 60.2. The number of rotatable bonds is 26. The predicted molar refractivity (Wildman–Crippen MR) is 343 cm³/mol. The number of methoxy groups -OCH3 is 1. The third-order valence-corrected chi connectivity index (χ3v) is 12.8. The number of nitrogens with two attached hydrogens (primary N) is 3. The van der Waals surface area contributed by atoms with Gasteiger partial charge in [-0.3, -0.25) is 62.1 Å². The van der Waals surface area contributed by atoms with Crippen molar-refractivity contribution in [3.63, 3.8) is 0 Å². The van der Waals surface area contributed by atoms with Crippen molar-refractivity contribution in [2.45, 2.75) is 53.9 Å². The number of hydrogen-bond acceptors (Lipinski definition) is 20. The van der Waals surface area contributed by atoms with Gasteiger partial charge in [0.25, 0.3) is 18.3 Å². The van der Waals surface area contributed by atoms with E-state index >= 15 is 0 Å². The number of aromatic nitrogens is 4. The van der Waals surface area contributed by atoms with Crippen LogP contribution < -0.4 is 141 Å². The summed E-state index contributed by atoms with van der Waals surface area (Å²) in [6.45, 7) is -3.72. The summed E-state index contributed by atoms with van der Waals surface area (Å²) in [6, 6.07) is 27.1. The first-order valence-electron chi connectivity index (χ1n) is 26.6. The van der Waals surface area contributed by atoms with Crippen molar-refractivity contribution in [3.05, 3.63) is 164 Å². The number of ketones is 3. The number of Topliss-reactive ketones (excluding diaryl/α,β-unsaturated/α-hetero) is 3. The molecule has 12 N–H and O–H groups in total. The number of fused-ring (bicyclic) bond motifs is 2. The van der Waals surface area contributed by atoms with Crippen LogP contribution in [0.2, 0.25) is 15.1 Å². The monoisotopic (exact) mass is 1490 g/mol. The number of ether oxygens (including phenoxy) is 1. The number of aliphatic hydroxyl groups is 2. The van der Waals surface area contributed by atoms with Gasteiger partial charge in [0.15, 0.2) is 23.0 Å². The molecule has 0 aliphatic heterocycles. The average molecular weight is 1490 g/mol. The SMILES string of the molecule is C.C.COC(=O)CN.NC(=O)c1nn(CC(=O)N(CC(=O)CO)CC(=O)NCc2cccc(Cl)c2F)c2ccccc12.NC(=O)c1nn(CC(=O)O)c2ccccc12.O=C(CCl)CCc1cccc(Cl)c1F.O=C(CO)CNCC(=O)NCc1cccc(Cl)c1F.O=CO[O-].[H-].[K+].[K+]. The summed E-state index contributed by atoms with van der Waals surface area (Å²) >= 11 is 22.2. The fourth-order valence-corrected chi connectivity index (χ4v) is 8.01. The predicted octanol–water partition coefficient (Wildman–Crippen LogP) is -2.73. The number of esters is 1. The molecule has 0 radical (unpaired) electrons. The van der Waals surface area contributed by atoms with E-state index in [0.717, 1.165) is 4.90 Å². The Morgan fingerprint density at radius 2 is 1.06 bits per heavy atom. The molecule has 28 nitrogen and oxygen atoms in total. The van der Waals surface area contributed by atoms with Gasteiger partial charge in [-0.2, -0.15) is 10.2 Å². The van der Waals surface area contributed by atoms with Crippen molar-refractivity contribution < 1.29 is 200 Å². The van der Waals surface area contributed by atoms with Gasteiger partial charge in [0.2, 0.25) is 17.7 Å². The smallest absolute Gasteiger partial charge is 1.00 e. The Kier molecular flexibility index (Phi) is 50.9. The number of carbonyl (C=O) groups excluding carboxylic acids is 10. The molecule has 0 aliphatic rings. The molecule has 2 aromatic heterocycles. The number of hydrogen-bond donors (Lipinski definition) is 9. The summed E-state index contributed by atoms with van der Waals surface area (Å²) in [7, 11) is 1.30. The molecule has 5 amide bonds. The van der Waals surface area contributed by atoms with Gasteiger partial charge >= 0.3 is 115 Å². The fraction of sp³-hybridized carbons (Fsp3) is 0.283. The maximum Gasteiger partial charge on any atom is 1.00 e. The molecule has 0 atom stereocenters. The van der Waals surface area contributed by atoms with Gasteiger partial charge in [0.05, 0.1) is 65.3 Å². The van der Waals surface area contributed by atoms with E-state index in [4.69, 9.17) is 89.0 Å². The minimum atomic E-state index is -1.02. The molecule has 0 unspecified atom stereocenters. The maximum absolute atomic E-state index is 14.0. The van der Waals surface area contributed by atoms with E-state index in [9.17, 15) is 61.1 Å². The molecule has 0 saturated heterocycles. The van der Waals surface area contributed by atoms with Gasteiger partial charge in [0, 0.05) is 41.4 Å². The van der Waals surface area contributed by atoms with E-state index in [0.29, 0.717) is 33.8 Å². The van der Waals surface area contributed by atoms with Gasteiger partial charge in [-0.1, -0.05) is 122 Å². The molecule has 0 fully saturated rings. The Hall–Kier alpha value is -6.17. The Labute approximate surface area is 660 Å². The van der Waals surface area contributed by atoms with Gasteiger partial charge < -0.3 is 69.7 Å². The normalized spacial score (nSPS) is 9.69. The second kappa shape index (κ2) is 51.9. The Morgan fingerprint density at radius 1 is 0.639 bits per heavy atom. The Balaban J connectivity index is -0.000000594. The van der Waals surface area contributed by atoms with Crippen molar-refractivity contribution in [1.29, 1.82) is 0 Å². The third-order valence-electron chi connectivity index (χ3n) is 11.7. The molecule has 0 aliphatic carbocycles. The summed E-state index contributed by atoms with van der Waals surface area (Å²) in [6.07, 6.45) is 0.596. The van der Waals surface area contributed by atoms with Crippen LogP contribution in [0.25, 0.3) is 21.8 Å². The van der Waals surface area contributed by atoms with Crippen LogP contribution in [0.1, 0.15) is 60.4 Å². The van der Waals surface area contributed by atoms with E-state index < -0.39 is 91.5 Å². The number of benzene rings is 5. The number of halogens is 7. The number of nitrogens with one attached hydrogen (secondary N) is 3. The average Bonchev–Trinajstić information content (AvgIpc) is 1.66. The molecule has 97 heavy (non-hydrogen) atoms. The number of aliphatic carboxylic acids is 1. The van der Waals surface area contributed by atoms with Crippen molar-refractivity contribution in [2.24, 2.45) is 17.2 Å². The van der Waals surface area contributed by atoms with Crippen molar-refractivity contribution in [2.75, 3.05) is 58.9 Å². The first kappa shape index (κ1) is 95.0. The number of nitrogens with zero attached hydrogens (tertiary/aromatic N) is 5. The van der Waals surface area contributed by atoms with E-state index in [1.54, 1.807) is 66.7 Å². The topological polar surface area (TPSA) is 443 Å². The molecule has 37 heteroatoms. The third kappa shape index (κ3) is 34.5. The summed E-state index contributed by atoms with van der Waals surface area (Å²) in [5, 5.41) is 51.2. The fourth-order valence-electron chi connectivity index (χ4n) is 7.30. The number of para-hydroxylation sites is 2. The molecule has 5 aromatic carbocycles. The molecule has 0 spiro atoms. The van der Waals surface area contributed by atoms with E-state index in [1.807, 2.05) is 0 Å². The molecule has 0 saturated carbocycles. The van der Waals surface area contributed by atoms with Crippen LogP contribution in [0.4, 0.5) is 13.2 Å². The molecule has 2 heterocycles. The quantitative estimate of drug-likeness (QED) is 0.00663. The number of carbonyl (C=O) groups is 11. The Morgan fingerprint density at radius 3 is 1.45 bits per heavy atom. The zero-order valence-electron chi connectivity index (χ0n) is 52.0. The molecule has 7 aromatic rings. The van der Waals surface area contributed by atoms with Crippen molar-refractivity contribution >= 4 is 134 Å². The van der Waals surface area contributed by atoms with Gasteiger partial charge in [-0.15, -0.1) is 11.6 Å².